The van der Waals surface area contributed by atoms with Crippen molar-refractivity contribution in [1.29, 1.82) is 0 Å². The van der Waals surface area contributed by atoms with Gasteiger partial charge in [-0.05, 0) is 25.1 Å². The summed E-state index contributed by atoms with van der Waals surface area (Å²) >= 11 is 0. The Kier molecular flexibility index (Phi) is 4.34. The monoisotopic (exact) mass is 277 g/mol. The Morgan fingerprint density at radius 2 is 2.30 bits per heavy atom. The third kappa shape index (κ3) is 3.14. The van der Waals surface area contributed by atoms with Crippen LogP contribution in [0.5, 0.6) is 0 Å². The summed E-state index contributed by atoms with van der Waals surface area (Å²) in [6, 6.07) is 4.25. The molecule has 0 amide bonds. The molecule has 0 radical (unpaired) electrons. The summed E-state index contributed by atoms with van der Waals surface area (Å²) < 4.78 is 19.8. The fourth-order valence-electron chi connectivity index (χ4n) is 1.78. The number of aryl methyl sites for hydroxylation is 1. The van der Waals surface area contributed by atoms with Gasteiger partial charge in [0.25, 0.3) is 0 Å². The lowest BCUT2D eigenvalue weighted by atomic mass is 10.2. The summed E-state index contributed by atoms with van der Waals surface area (Å²) in [6.07, 6.45) is 3.69. The molecule has 0 spiro atoms. The zero-order chi connectivity index (χ0) is 14.5. The van der Waals surface area contributed by atoms with Gasteiger partial charge in [0.2, 0.25) is 0 Å². The van der Waals surface area contributed by atoms with Gasteiger partial charge < -0.3 is 10.1 Å². The number of halogens is 1. The Balaban J connectivity index is 2.08. The predicted octanol–water partition coefficient (Wildman–Crippen LogP) is 2.44. The predicted molar refractivity (Wildman–Crippen MR) is 73.0 cm³/mol. The van der Waals surface area contributed by atoms with Crippen molar-refractivity contribution in [2.24, 2.45) is 0 Å². The molecule has 5 nitrogen and oxygen atoms in total. The number of carbonyl (C=O) groups is 1. The van der Waals surface area contributed by atoms with Gasteiger partial charge in [0, 0.05) is 30.5 Å². The van der Waals surface area contributed by atoms with Crippen molar-refractivity contribution in [2.45, 2.75) is 20.0 Å². The molecule has 0 aliphatic carbocycles. The van der Waals surface area contributed by atoms with Gasteiger partial charge in [-0.15, -0.1) is 0 Å². The molecule has 0 aliphatic heterocycles. The van der Waals surface area contributed by atoms with Gasteiger partial charge in [0.15, 0.2) is 0 Å². The van der Waals surface area contributed by atoms with E-state index < -0.39 is 11.8 Å². The average molecular weight is 277 g/mol. The lowest BCUT2D eigenvalue weighted by Gasteiger charge is -2.07. The number of nitrogens with one attached hydrogen (secondary N) is 1. The van der Waals surface area contributed by atoms with E-state index in [1.165, 1.54) is 19.2 Å². The van der Waals surface area contributed by atoms with Gasteiger partial charge in [-0.2, -0.15) is 5.10 Å². The number of hydrogen-bond donors (Lipinski definition) is 1. The average Bonchev–Trinajstić information content (AvgIpc) is 2.93. The Morgan fingerprint density at radius 1 is 1.50 bits per heavy atom. The summed E-state index contributed by atoms with van der Waals surface area (Å²) in [5.74, 6) is -1.29. The number of esters is 1. The number of methoxy groups -OCH3 is 1. The maximum Gasteiger partial charge on any atom is 0.340 e. The van der Waals surface area contributed by atoms with Crippen LogP contribution in [-0.2, 0) is 17.8 Å². The lowest BCUT2D eigenvalue weighted by Crippen LogP contribution is -2.06. The van der Waals surface area contributed by atoms with Crippen LogP contribution in [0.2, 0.25) is 0 Å². The van der Waals surface area contributed by atoms with E-state index >= 15 is 0 Å². The molecule has 0 saturated heterocycles. The van der Waals surface area contributed by atoms with Crippen LogP contribution in [0, 0.1) is 5.82 Å². The van der Waals surface area contributed by atoms with Crippen LogP contribution >= 0.6 is 0 Å². The van der Waals surface area contributed by atoms with Crippen LogP contribution < -0.4 is 5.32 Å². The van der Waals surface area contributed by atoms with E-state index in [2.05, 4.69) is 15.2 Å². The minimum absolute atomic E-state index is 0.0817. The highest BCUT2D eigenvalue weighted by Crippen LogP contribution is 2.16. The Bertz CT molecular complexity index is 610. The van der Waals surface area contributed by atoms with E-state index in [4.69, 9.17) is 0 Å². The zero-order valence-corrected chi connectivity index (χ0v) is 11.4. The highest BCUT2D eigenvalue weighted by molar-refractivity contribution is 5.90. The van der Waals surface area contributed by atoms with Gasteiger partial charge in [0.1, 0.15) is 5.82 Å². The number of carbonyl (C=O) groups excluding carboxylic acids is 1. The fraction of sp³-hybridized carbons (Fsp3) is 0.286. The van der Waals surface area contributed by atoms with Crippen molar-refractivity contribution >= 4 is 11.7 Å². The molecule has 0 saturated carbocycles. The third-order valence-corrected chi connectivity index (χ3v) is 2.88. The van der Waals surface area contributed by atoms with E-state index in [0.717, 1.165) is 12.1 Å². The minimum Gasteiger partial charge on any atom is -0.465 e. The minimum atomic E-state index is -0.690. The third-order valence-electron chi connectivity index (χ3n) is 2.88. The van der Waals surface area contributed by atoms with E-state index in [1.54, 1.807) is 12.3 Å². The van der Waals surface area contributed by atoms with E-state index in [0.29, 0.717) is 12.2 Å². The Labute approximate surface area is 116 Å². The second-order valence-electron chi connectivity index (χ2n) is 4.24. The van der Waals surface area contributed by atoms with Crippen molar-refractivity contribution in [2.75, 3.05) is 12.4 Å². The number of benzene rings is 1. The van der Waals surface area contributed by atoms with E-state index in [-0.39, 0.29) is 5.56 Å². The first-order chi connectivity index (χ1) is 9.63. The highest BCUT2D eigenvalue weighted by atomic mass is 19.1. The van der Waals surface area contributed by atoms with Crippen molar-refractivity contribution < 1.29 is 13.9 Å². The van der Waals surface area contributed by atoms with Crippen molar-refractivity contribution in [3.05, 3.63) is 47.5 Å². The van der Waals surface area contributed by atoms with Crippen LogP contribution in [0.15, 0.2) is 30.6 Å². The van der Waals surface area contributed by atoms with Crippen LogP contribution in [-0.4, -0.2) is 22.9 Å². The van der Waals surface area contributed by atoms with E-state index in [1.807, 2.05) is 17.8 Å². The molecule has 1 aromatic carbocycles. The Hall–Kier alpha value is -2.37. The molecule has 1 aromatic heterocycles. The molecular weight excluding hydrogens is 261 g/mol. The molecule has 106 valence electrons. The van der Waals surface area contributed by atoms with E-state index in [9.17, 15) is 9.18 Å². The number of anilines is 1. The molecule has 0 fully saturated rings. The molecule has 20 heavy (non-hydrogen) atoms. The topological polar surface area (TPSA) is 56.2 Å². The molecule has 2 rings (SSSR count). The van der Waals surface area contributed by atoms with Gasteiger partial charge >= 0.3 is 5.97 Å². The second-order valence-corrected chi connectivity index (χ2v) is 4.24. The van der Waals surface area contributed by atoms with Crippen LogP contribution in [0.1, 0.15) is 22.8 Å². The molecule has 2 aromatic rings. The largest absolute Gasteiger partial charge is 0.465 e. The first kappa shape index (κ1) is 14.0. The summed E-state index contributed by atoms with van der Waals surface area (Å²) in [7, 11) is 1.22. The smallest absolute Gasteiger partial charge is 0.340 e. The van der Waals surface area contributed by atoms with Crippen molar-refractivity contribution in [1.82, 2.24) is 9.78 Å². The van der Waals surface area contributed by atoms with Gasteiger partial charge in [0.05, 0.1) is 18.9 Å². The molecule has 0 bridgehead atoms. The lowest BCUT2D eigenvalue weighted by molar-refractivity contribution is 0.0595. The van der Waals surface area contributed by atoms with Crippen LogP contribution in [0.25, 0.3) is 0 Å². The summed E-state index contributed by atoms with van der Waals surface area (Å²) in [5, 5.41) is 7.28. The number of nitrogens with zero attached hydrogens (tertiary/aromatic N) is 2. The summed E-state index contributed by atoms with van der Waals surface area (Å²) in [4.78, 5) is 11.4. The first-order valence-electron chi connectivity index (χ1n) is 6.27. The van der Waals surface area contributed by atoms with Crippen molar-refractivity contribution in [3.8, 4) is 0 Å². The number of rotatable bonds is 5. The van der Waals surface area contributed by atoms with Crippen molar-refractivity contribution in [3.63, 3.8) is 0 Å². The number of hydrogen-bond acceptors (Lipinski definition) is 4. The van der Waals surface area contributed by atoms with Gasteiger partial charge in [-0.25, -0.2) is 9.18 Å². The molecule has 1 heterocycles. The van der Waals surface area contributed by atoms with Gasteiger partial charge in [-0.1, -0.05) is 0 Å². The molecule has 1 N–H and O–H groups in total. The summed E-state index contributed by atoms with van der Waals surface area (Å²) in [5.41, 5.74) is 1.58. The number of ether oxygens (including phenoxy) is 1. The van der Waals surface area contributed by atoms with Crippen LogP contribution in [0.3, 0.4) is 0 Å². The standard InChI is InChI=1S/C14H16FN3O2/c1-3-18-9-10(8-17-18)7-16-11-4-5-13(15)12(6-11)14(19)20-2/h4-6,8-9,16H,3,7H2,1-2H3. The first-order valence-corrected chi connectivity index (χ1v) is 6.27. The fourth-order valence-corrected chi connectivity index (χ4v) is 1.78. The zero-order valence-electron chi connectivity index (χ0n) is 11.4. The Morgan fingerprint density at radius 3 is 2.95 bits per heavy atom. The number of aromatic nitrogens is 2. The summed E-state index contributed by atoms with van der Waals surface area (Å²) in [6.45, 7) is 3.36. The molecular formula is C14H16FN3O2. The molecule has 6 heteroatoms. The molecule has 0 atom stereocenters. The molecule has 0 aliphatic rings. The highest BCUT2D eigenvalue weighted by Gasteiger charge is 2.12. The quantitative estimate of drug-likeness (QED) is 0.853. The van der Waals surface area contributed by atoms with Crippen LogP contribution in [0.4, 0.5) is 10.1 Å². The SMILES string of the molecule is CCn1cc(CNc2ccc(F)c(C(=O)OC)c2)cn1. The maximum absolute atomic E-state index is 13.5. The normalized spacial score (nSPS) is 10.3. The van der Waals surface area contributed by atoms with Gasteiger partial charge in [-0.3, -0.25) is 4.68 Å². The maximum atomic E-state index is 13.5. The molecule has 0 unspecified atom stereocenters. The second kappa shape index (κ2) is 6.18.